The number of aromatic nitrogens is 5. The second-order valence-corrected chi connectivity index (χ2v) is 10.0. The van der Waals surface area contributed by atoms with Crippen LogP contribution in [0.5, 0.6) is 0 Å². The van der Waals surface area contributed by atoms with E-state index in [1.165, 1.54) is 16.7 Å². The van der Waals surface area contributed by atoms with Crippen LogP contribution in [0, 0.1) is 6.92 Å². The molecular formula is C24H30N6S2. The average Bonchev–Trinajstić information content (AvgIpc) is 3.38. The van der Waals surface area contributed by atoms with Gasteiger partial charge in [0.1, 0.15) is 16.2 Å². The zero-order chi connectivity index (χ0) is 22.7. The second-order valence-electron chi connectivity index (χ2n) is 8.21. The lowest BCUT2D eigenvalue weighted by molar-refractivity contribution is 0.270. The molecule has 0 aliphatic heterocycles. The molecule has 0 amide bonds. The molecule has 0 fully saturated rings. The number of rotatable bonds is 9. The zero-order valence-corrected chi connectivity index (χ0v) is 21.0. The highest BCUT2D eigenvalue weighted by atomic mass is 32.2. The maximum absolute atomic E-state index is 4.68. The molecule has 0 spiro atoms. The number of hydrogen-bond donors (Lipinski definition) is 0. The van der Waals surface area contributed by atoms with Crippen LogP contribution in [0.1, 0.15) is 50.5 Å². The molecule has 1 atom stereocenters. The van der Waals surface area contributed by atoms with E-state index in [0.717, 1.165) is 52.0 Å². The van der Waals surface area contributed by atoms with Gasteiger partial charge < -0.3 is 4.57 Å². The quantitative estimate of drug-likeness (QED) is 0.273. The van der Waals surface area contributed by atoms with Crippen molar-refractivity contribution in [1.29, 1.82) is 0 Å². The molecule has 0 aliphatic rings. The number of fused-ring (bicyclic) bond motifs is 1. The number of benzene rings is 1. The summed E-state index contributed by atoms with van der Waals surface area (Å²) in [6, 6.07) is 8.87. The summed E-state index contributed by atoms with van der Waals surface area (Å²) in [6.07, 6.45) is 4.86. The van der Waals surface area contributed by atoms with Gasteiger partial charge in [-0.25, -0.2) is 9.97 Å². The molecule has 168 valence electrons. The summed E-state index contributed by atoms with van der Waals surface area (Å²) >= 11 is 3.26. The molecule has 0 unspecified atom stereocenters. The van der Waals surface area contributed by atoms with Gasteiger partial charge in [0.05, 0.1) is 11.4 Å². The van der Waals surface area contributed by atoms with Crippen molar-refractivity contribution in [3.8, 4) is 11.1 Å². The van der Waals surface area contributed by atoms with Gasteiger partial charge in [-0.2, -0.15) is 0 Å². The fourth-order valence-corrected chi connectivity index (χ4v) is 5.82. The Hall–Kier alpha value is -2.29. The van der Waals surface area contributed by atoms with Gasteiger partial charge >= 0.3 is 0 Å². The van der Waals surface area contributed by atoms with Crippen LogP contribution in [0.2, 0.25) is 0 Å². The van der Waals surface area contributed by atoms with E-state index in [0.29, 0.717) is 0 Å². The molecule has 0 radical (unpaired) electrons. The Balaban J connectivity index is 1.77. The van der Waals surface area contributed by atoms with Crippen molar-refractivity contribution in [3.63, 3.8) is 0 Å². The van der Waals surface area contributed by atoms with Gasteiger partial charge in [-0.05, 0) is 51.2 Å². The molecule has 0 aliphatic carbocycles. The number of nitrogens with zero attached hydrogens (tertiary/aromatic N) is 6. The second kappa shape index (κ2) is 10.1. The number of aryl methyl sites for hydroxylation is 1. The summed E-state index contributed by atoms with van der Waals surface area (Å²) in [6.45, 7) is 7.43. The number of hydrogen-bond acceptors (Lipinski definition) is 7. The SMILES string of the molecule is CCCCn1c(Sc2ncnc3scc(-c4ccc(C)cc4)c23)nnc1[C@@H](CC)N(C)C. The predicted molar refractivity (Wildman–Crippen MR) is 133 cm³/mol. The topological polar surface area (TPSA) is 59.7 Å². The molecule has 4 aromatic rings. The Morgan fingerprint density at radius 3 is 2.56 bits per heavy atom. The molecular weight excluding hydrogens is 436 g/mol. The first-order valence-electron chi connectivity index (χ1n) is 11.1. The summed E-state index contributed by atoms with van der Waals surface area (Å²) in [7, 11) is 4.21. The Morgan fingerprint density at radius 1 is 1.09 bits per heavy atom. The first kappa shape index (κ1) is 22.9. The lowest BCUT2D eigenvalue weighted by Gasteiger charge is -2.23. The summed E-state index contributed by atoms with van der Waals surface area (Å²) < 4.78 is 2.29. The maximum atomic E-state index is 4.68. The normalized spacial score (nSPS) is 12.7. The van der Waals surface area contributed by atoms with E-state index in [4.69, 9.17) is 0 Å². The van der Waals surface area contributed by atoms with Crippen molar-refractivity contribution in [2.45, 2.75) is 62.8 Å². The van der Waals surface area contributed by atoms with E-state index in [2.05, 4.69) is 94.1 Å². The zero-order valence-electron chi connectivity index (χ0n) is 19.4. The highest BCUT2D eigenvalue weighted by Gasteiger charge is 2.23. The number of unbranched alkanes of at least 4 members (excludes halogenated alkanes) is 1. The largest absolute Gasteiger partial charge is 0.304 e. The van der Waals surface area contributed by atoms with Crippen molar-refractivity contribution in [2.24, 2.45) is 0 Å². The van der Waals surface area contributed by atoms with E-state index in [1.54, 1.807) is 29.4 Å². The Morgan fingerprint density at radius 2 is 1.88 bits per heavy atom. The fraction of sp³-hybridized carbons (Fsp3) is 0.417. The van der Waals surface area contributed by atoms with Crippen LogP contribution < -0.4 is 0 Å². The smallest absolute Gasteiger partial charge is 0.197 e. The van der Waals surface area contributed by atoms with E-state index in [9.17, 15) is 0 Å². The Kier molecular flexibility index (Phi) is 7.23. The van der Waals surface area contributed by atoms with E-state index in [1.807, 2.05) is 0 Å². The molecule has 0 bridgehead atoms. The predicted octanol–water partition coefficient (Wildman–Crippen LogP) is 6.22. The summed E-state index contributed by atoms with van der Waals surface area (Å²) in [4.78, 5) is 12.4. The fourth-order valence-electron chi connectivity index (χ4n) is 3.88. The van der Waals surface area contributed by atoms with Gasteiger partial charge in [0.25, 0.3) is 0 Å². The van der Waals surface area contributed by atoms with Crippen molar-refractivity contribution in [2.75, 3.05) is 14.1 Å². The van der Waals surface area contributed by atoms with Gasteiger partial charge in [-0.1, -0.05) is 50.1 Å². The maximum Gasteiger partial charge on any atom is 0.197 e. The van der Waals surface area contributed by atoms with Gasteiger partial charge in [-0.15, -0.1) is 21.5 Å². The molecule has 8 heteroatoms. The van der Waals surface area contributed by atoms with Crippen LogP contribution in [-0.4, -0.2) is 43.7 Å². The van der Waals surface area contributed by atoms with Gasteiger partial charge in [0.15, 0.2) is 11.0 Å². The van der Waals surface area contributed by atoms with Crippen LogP contribution in [0.3, 0.4) is 0 Å². The average molecular weight is 467 g/mol. The van der Waals surface area contributed by atoms with Crippen molar-refractivity contribution >= 4 is 33.3 Å². The molecule has 6 nitrogen and oxygen atoms in total. The highest BCUT2D eigenvalue weighted by Crippen LogP contribution is 2.40. The monoisotopic (exact) mass is 466 g/mol. The van der Waals surface area contributed by atoms with Gasteiger partial charge in [-0.3, -0.25) is 4.90 Å². The number of thiophene rings is 1. The molecule has 1 aromatic carbocycles. The van der Waals surface area contributed by atoms with Gasteiger partial charge in [0, 0.05) is 17.5 Å². The molecule has 4 rings (SSSR count). The molecule has 32 heavy (non-hydrogen) atoms. The third-order valence-electron chi connectivity index (χ3n) is 5.67. The van der Waals surface area contributed by atoms with E-state index < -0.39 is 0 Å². The van der Waals surface area contributed by atoms with Crippen LogP contribution in [0.4, 0.5) is 0 Å². The van der Waals surface area contributed by atoms with Crippen LogP contribution >= 0.6 is 23.1 Å². The van der Waals surface area contributed by atoms with E-state index >= 15 is 0 Å². The van der Waals surface area contributed by atoms with Crippen molar-refractivity contribution < 1.29 is 0 Å². The van der Waals surface area contributed by atoms with E-state index in [-0.39, 0.29) is 6.04 Å². The molecule has 3 aromatic heterocycles. The summed E-state index contributed by atoms with van der Waals surface area (Å²) in [5, 5.41) is 14.3. The van der Waals surface area contributed by atoms with Crippen molar-refractivity contribution in [1.82, 2.24) is 29.6 Å². The Labute approximate surface area is 198 Å². The standard InChI is InChI=1S/C24H30N6S2/c1-6-8-13-30-21(19(7-2)29(4)5)27-28-24(30)32-23-20-18(14-31-22(20)25-15-26-23)17-11-9-16(3)10-12-17/h9-12,14-15,19H,6-8,13H2,1-5H3/t19-/m1/s1. The third-order valence-corrected chi connectivity index (χ3v) is 7.55. The first-order chi connectivity index (χ1) is 15.5. The molecule has 0 saturated heterocycles. The minimum atomic E-state index is 0.239. The first-order valence-corrected chi connectivity index (χ1v) is 12.8. The van der Waals surface area contributed by atoms with Crippen molar-refractivity contribution in [3.05, 3.63) is 47.4 Å². The van der Waals surface area contributed by atoms with Crippen LogP contribution in [0.15, 0.2) is 46.2 Å². The molecule has 0 saturated carbocycles. The molecule has 3 heterocycles. The van der Waals surface area contributed by atoms with Crippen LogP contribution in [-0.2, 0) is 6.54 Å². The summed E-state index contributed by atoms with van der Waals surface area (Å²) in [5.41, 5.74) is 3.61. The summed E-state index contributed by atoms with van der Waals surface area (Å²) in [5.74, 6) is 1.03. The lowest BCUT2D eigenvalue weighted by atomic mass is 10.1. The highest BCUT2D eigenvalue weighted by molar-refractivity contribution is 7.99. The lowest BCUT2D eigenvalue weighted by Crippen LogP contribution is -2.23. The van der Waals surface area contributed by atoms with Crippen LogP contribution in [0.25, 0.3) is 21.3 Å². The minimum Gasteiger partial charge on any atom is -0.304 e. The Bertz CT molecular complexity index is 1180. The minimum absolute atomic E-state index is 0.239. The molecule has 0 N–H and O–H groups in total. The van der Waals surface area contributed by atoms with Gasteiger partial charge in [0.2, 0.25) is 0 Å². The third kappa shape index (κ3) is 4.58.